The minimum Gasteiger partial charge on any atom is -0.477 e. The molecular weight excluding hydrogens is 486 g/mol. The standard InChI is InChI=1S/C19H19N7O6S2/c1-32-23-11(14-22-19(20)34-24-14)15(28)21-12-16(29)26-13(18(30)31)10(8-33-17(12)26)6-25-4-2-3-9(5-25)7-27/h2-5,12,17,27H,6-8H2,1H3,(H3-,20,21,22,24,28,30,31)/p+1/t12?,17-/m0/s1. The van der Waals surface area contributed by atoms with Crippen molar-refractivity contribution in [2.75, 3.05) is 18.6 Å². The first-order valence-electron chi connectivity index (χ1n) is 9.84. The number of hydrogen-bond donors (Lipinski definition) is 4. The summed E-state index contributed by atoms with van der Waals surface area (Å²) in [7, 11) is 1.25. The molecule has 2 amide bonds. The zero-order valence-corrected chi connectivity index (χ0v) is 19.4. The number of nitrogens with two attached hydrogens (primary N) is 1. The highest BCUT2D eigenvalue weighted by Gasteiger charge is 2.54. The third-order valence-electron chi connectivity index (χ3n) is 5.06. The molecule has 2 aromatic heterocycles. The summed E-state index contributed by atoms with van der Waals surface area (Å²) >= 11 is 2.21. The number of aromatic nitrogens is 3. The average molecular weight is 507 g/mol. The van der Waals surface area contributed by atoms with Gasteiger partial charge in [0.2, 0.25) is 11.5 Å². The number of carbonyl (C=O) groups is 3. The summed E-state index contributed by atoms with van der Waals surface area (Å²) in [4.78, 5) is 47.5. The summed E-state index contributed by atoms with van der Waals surface area (Å²) in [6.45, 7) is 0.0867. The normalized spacial score (nSPS) is 20.0. The second-order valence-corrected chi connectivity index (χ2v) is 9.13. The Labute approximate surface area is 201 Å². The fourth-order valence-electron chi connectivity index (χ4n) is 3.61. The van der Waals surface area contributed by atoms with Crippen LogP contribution in [0, 0.1) is 0 Å². The number of carbonyl (C=O) groups excluding carboxylic acids is 2. The Balaban J connectivity index is 1.53. The van der Waals surface area contributed by atoms with Gasteiger partial charge in [0.15, 0.2) is 24.1 Å². The van der Waals surface area contributed by atoms with E-state index in [4.69, 9.17) is 10.6 Å². The molecule has 0 spiro atoms. The van der Waals surface area contributed by atoms with Crippen molar-refractivity contribution in [1.29, 1.82) is 0 Å². The van der Waals surface area contributed by atoms with Crippen molar-refractivity contribution in [2.24, 2.45) is 5.16 Å². The Hall–Kier alpha value is -3.56. The lowest BCUT2D eigenvalue weighted by Gasteiger charge is -2.49. The molecule has 15 heteroatoms. The van der Waals surface area contributed by atoms with Crippen molar-refractivity contribution in [3.63, 3.8) is 0 Å². The van der Waals surface area contributed by atoms with Gasteiger partial charge in [-0.25, -0.2) is 9.36 Å². The number of aliphatic hydroxyl groups excluding tert-OH is 1. The number of nitrogen functional groups attached to an aromatic ring is 1. The molecular formula is C19H20N7O6S2+. The Morgan fingerprint density at radius 1 is 1.47 bits per heavy atom. The molecule has 2 aromatic rings. The molecule has 5 N–H and O–H groups in total. The Morgan fingerprint density at radius 3 is 2.91 bits per heavy atom. The molecule has 0 bridgehead atoms. The van der Waals surface area contributed by atoms with Crippen LogP contribution >= 0.6 is 23.3 Å². The van der Waals surface area contributed by atoms with E-state index >= 15 is 0 Å². The summed E-state index contributed by atoms with van der Waals surface area (Å²) in [6.07, 6.45) is 3.46. The van der Waals surface area contributed by atoms with Crippen LogP contribution in [0.4, 0.5) is 5.13 Å². The number of anilines is 1. The van der Waals surface area contributed by atoms with Gasteiger partial charge in [0, 0.05) is 34.5 Å². The third kappa shape index (κ3) is 4.44. The minimum atomic E-state index is -1.24. The van der Waals surface area contributed by atoms with E-state index in [0.717, 1.165) is 11.5 Å². The summed E-state index contributed by atoms with van der Waals surface area (Å²) in [6, 6.07) is 2.53. The fraction of sp³-hybridized carbons (Fsp3) is 0.316. The molecule has 34 heavy (non-hydrogen) atoms. The highest BCUT2D eigenvalue weighted by molar-refractivity contribution is 8.00. The first kappa shape index (κ1) is 23.6. The van der Waals surface area contributed by atoms with Gasteiger partial charge in [-0.2, -0.15) is 9.36 Å². The molecule has 2 aliphatic heterocycles. The number of carboxylic acid groups (broad SMARTS) is 1. The Kier molecular flexibility index (Phi) is 6.76. The molecule has 178 valence electrons. The van der Waals surface area contributed by atoms with Gasteiger partial charge in [-0.1, -0.05) is 5.16 Å². The zero-order valence-electron chi connectivity index (χ0n) is 17.7. The number of fused-ring (bicyclic) bond motifs is 1. The molecule has 4 rings (SSSR count). The minimum absolute atomic E-state index is 0.0442. The topological polar surface area (TPSA) is 184 Å². The molecule has 0 aliphatic carbocycles. The van der Waals surface area contributed by atoms with Crippen molar-refractivity contribution in [3.05, 3.63) is 47.2 Å². The molecule has 2 atom stereocenters. The van der Waals surface area contributed by atoms with Crippen molar-refractivity contribution in [1.82, 2.24) is 19.6 Å². The van der Waals surface area contributed by atoms with E-state index in [-0.39, 0.29) is 35.5 Å². The second kappa shape index (κ2) is 9.74. The van der Waals surface area contributed by atoms with Crippen molar-refractivity contribution in [3.8, 4) is 0 Å². The summed E-state index contributed by atoms with van der Waals surface area (Å²) < 4.78 is 5.68. The van der Waals surface area contributed by atoms with Crippen LogP contribution in [0.1, 0.15) is 11.4 Å². The molecule has 1 saturated heterocycles. The molecule has 0 aromatic carbocycles. The third-order valence-corrected chi connectivity index (χ3v) is 6.95. The van der Waals surface area contributed by atoms with Crippen LogP contribution in [0.3, 0.4) is 0 Å². The van der Waals surface area contributed by atoms with Crippen LogP contribution in [0.15, 0.2) is 41.0 Å². The molecule has 1 fully saturated rings. The molecule has 13 nitrogen and oxygen atoms in total. The second-order valence-electron chi connectivity index (χ2n) is 7.24. The molecule has 2 aliphatic rings. The maximum Gasteiger partial charge on any atom is 0.352 e. The molecule has 1 unspecified atom stereocenters. The van der Waals surface area contributed by atoms with Crippen molar-refractivity contribution < 1.29 is 34.0 Å². The Morgan fingerprint density at radius 2 is 2.26 bits per heavy atom. The monoisotopic (exact) mass is 506 g/mol. The van der Waals surface area contributed by atoms with Gasteiger partial charge >= 0.3 is 5.97 Å². The molecule has 0 saturated carbocycles. The van der Waals surface area contributed by atoms with Gasteiger partial charge in [0.25, 0.3) is 11.8 Å². The van der Waals surface area contributed by atoms with Crippen LogP contribution < -0.4 is 15.6 Å². The summed E-state index contributed by atoms with van der Waals surface area (Å²) in [5.74, 6) is -2.25. The maximum atomic E-state index is 12.9. The quantitative estimate of drug-likeness (QED) is 0.145. The highest BCUT2D eigenvalue weighted by Crippen LogP contribution is 2.40. The molecule has 0 radical (unpaired) electrons. The number of pyridine rings is 1. The smallest absolute Gasteiger partial charge is 0.352 e. The summed E-state index contributed by atoms with van der Waals surface area (Å²) in [5, 5.41) is 24.9. The van der Waals surface area contributed by atoms with E-state index < -0.39 is 29.2 Å². The Bertz CT molecular complexity index is 1210. The number of aliphatic hydroxyl groups is 1. The number of aliphatic carboxylic acids is 1. The number of carboxylic acids is 1. The zero-order chi connectivity index (χ0) is 24.4. The van der Waals surface area contributed by atoms with Crippen LogP contribution in [-0.4, -0.2) is 72.2 Å². The van der Waals surface area contributed by atoms with E-state index in [9.17, 15) is 24.6 Å². The number of amides is 2. The average Bonchev–Trinajstić information content (AvgIpc) is 3.26. The van der Waals surface area contributed by atoms with E-state index in [0.29, 0.717) is 16.9 Å². The largest absolute Gasteiger partial charge is 0.477 e. The lowest BCUT2D eigenvalue weighted by molar-refractivity contribution is -0.689. The number of thioether (sulfide) groups is 1. The van der Waals surface area contributed by atoms with Crippen LogP contribution in [-0.2, 0) is 32.4 Å². The summed E-state index contributed by atoms with van der Waals surface area (Å²) in [5.41, 5.74) is 6.42. The fourth-order valence-corrected chi connectivity index (χ4v) is 5.38. The first-order chi connectivity index (χ1) is 16.3. The lowest BCUT2D eigenvalue weighted by Crippen LogP contribution is -2.71. The lowest BCUT2D eigenvalue weighted by atomic mass is 10.0. The van der Waals surface area contributed by atoms with E-state index in [1.807, 2.05) is 0 Å². The number of nitrogens with zero attached hydrogens (tertiary/aromatic N) is 5. The number of nitrogens with one attached hydrogen (secondary N) is 1. The van der Waals surface area contributed by atoms with Gasteiger partial charge in [-0.3, -0.25) is 14.5 Å². The molecule has 4 heterocycles. The van der Waals surface area contributed by atoms with Gasteiger partial charge in [0.05, 0.1) is 6.61 Å². The van der Waals surface area contributed by atoms with Gasteiger partial charge in [-0.05, 0) is 6.07 Å². The van der Waals surface area contributed by atoms with E-state index in [1.54, 1.807) is 29.1 Å². The van der Waals surface area contributed by atoms with Gasteiger partial charge in [0.1, 0.15) is 24.2 Å². The predicted octanol–water partition coefficient (Wildman–Crippen LogP) is -1.31. The number of β-lactam (4-membered cyclic amide) rings is 1. The van der Waals surface area contributed by atoms with Crippen LogP contribution in [0.2, 0.25) is 0 Å². The van der Waals surface area contributed by atoms with Gasteiger partial charge < -0.3 is 26.1 Å². The number of oxime groups is 1. The number of rotatable bonds is 8. The van der Waals surface area contributed by atoms with Crippen LogP contribution in [0.5, 0.6) is 0 Å². The van der Waals surface area contributed by atoms with Gasteiger partial charge in [-0.15, -0.1) is 11.8 Å². The van der Waals surface area contributed by atoms with E-state index in [2.05, 4.69) is 19.8 Å². The maximum absolute atomic E-state index is 12.9. The van der Waals surface area contributed by atoms with E-state index in [1.165, 1.54) is 23.8 Å². The van der Waals surface area contributed by atoms with Crippen LogP contribution in [0.25, 0.3) is 0 Å². The van der Waals surface area contributed by atoms with Crippen molar-refractivity contribution >= 4 is 51.9 Å². The van der Waals surface area contributed by atoms with Crippen molar-refractivity contribution in [2.45, 2.75) is 24.6 Å². The highest BCUT2D eigenvalue weighted by atomic mass is 32.2. The predicted molar refractivity (Wildman–Crippen MR) is 120 cm³/mol. The first-order valence-corrected chi connectivity index (χ1v) is 11.7. The SMILES string of the molecule is CON=C(C(=O)NC1C(=O)N2C(C(=O)O)=C(C[n+]3cccc(CO)c3)CS[C@@H]12)c1nsc(N)n1. The number of hydrogen-bond acceptors (Lipinski definition) is 11.